The Labute approximate surface area is 114 Å². The van der Waals surface area contributed by atoms with Crippen LogP contribution in [0, 0.1) is 0 Å². The molecular formula is C10H13BrClNO3S. The number of halogens is 2. The molecule has 0 amide bonds. The van der Waals surface area contributed by atoms with Gasteiger partial charge < -0.3 is 4.74 Å². The molecule has 0 radical (unpaired) electrons. The first kappa shape index (κ1) is 14.8. The Kier molecular flexibility index (Phi) is 5.72. The van der Waals surface area contributed by atoms with Gasteiger partial charge in [-0.15, -0.1) is 0 Å². The minimum atomic E-state index is -3.36. The number of hydrogen-bond acceptors (Lipinski definition) is 3. The van der Waals surface area contributed by atoms with Crippen LogP contribution in [0.15, 0.2) is 22.7 Å². The molecular weight excluding hydrogens is 330 g/mol. The SMILES string of the molecule is COCCCS(=O)(=O)Nc1cccc(Cl)c1Br. The molecule has 1 N–H and O–H groups in total. The minimum absolute atomic E-state index is 0.0137. The molecule has 1 aromatic rings. The number of anilines is 1. The minimum Gasteiger partial charge on any atom is -0.385 e. The molecule has 0 spiro atoms. The molecule has 17 heavy (non-hydrogen) atoms. The van der Waals surface area contributed by atoms with Crippen LogP contribution in [0.2, 0.25) is 5.02 Å². The van der Waals surface area contributed by atoms with E-state index in [0.717, 1.165) is 0 Å². The summed E-state index contributed by atoms with van der Waals surface area (Å²) < 4.78 is 31.2. The van der Waals surface area contributed by atoms with Crippen molar-refractivity contribution in [1.82, 2.24) is 0 Å². The van der Waals surface area contributed by atoms with Crippen molar-refractivity contribution in [3.8, 4) is 0 Å². The van der Waals surface area contributed by atoms with Crippen LogP contribution in [-0.2, 0) is 14.8 Å². The highest BCUT2D eigenvalue weighted by atomic mass is 79.9. The molecule has 0 unspecified atom stereocenters. The molecule has 7 heteroatoms. The van der Waals surface area contributed by atoms with Gasteiger partial charge in [0, 0.05) is 13.7 Å². The summed E-state index contributed by atoms with van der Waals surface area (Å²) in [5, 5.41) is 0.460. The lowest BCUT2D eigenvalue weighted by atomic mass is 10.3. The Hall–Kier alpha value is -0.300. The van der Waals surface area contributed by atoms with E-state index in [-0.39, 0.29) is 5.75 Å². The molecule has 4 nitrogen and oxygen atoms in total. The highest BCUT2D eigenvalue weighted by Gasteiger charge is 2.13. The van der Waals surface area contributed by atoms with Gasteiger partial charge in [-0.3, -0.25) is 4.72 Å². The molecule has 1 rings (SSSR count). The molecule has 0 aliphatic rings. The van der Waals surface area contributed by atoms with Crippen molar-refractivity contribution in [2.24, 2.45) is 0 Å². The zero-order valence-electron chi connectivity index (χ0n) is 9.24. The van der Waals surface area contributed by atoms with Crippen molar-refractivity contribution in [2.75, 3.05) is 24.2 Å². The van der Waals surface area contributed by atoms with E-state index in [0.29, 0.717) is 28.2 Å². The summed E-state index contributed by atoms with van der Waals surface area (Å²) in [6.07, 6.45) is 0.448. The van der Waals surface area contributed by atoms with Crippen LogP contribution in [0.1, 0.15) is 6.42 Å². The van der Waals surface area contributed by atoms with Crippen molar-refractivity contribution < 1.29 is 13.2 Å². The number of methoxy groups -OCH3 is 1. The van der Waals surface area contributed by atoms with Crippen molar-refractivity contribution in [1.29, 1.82) is 0 Å². The molecule has 1 aromatic carbocycles. The van der Waals surface area contributed by atoms with E-state index in [9.17, 15) is 8.42 Å². The van der Waals surface area contributed by atoms with Crippen molar-refractivity contribution >= 4 is 43.2 Å². The number of rotatable bonds is 6. The number of ether oxygens (including phenoxy) is 1. The third kappa shape index (κ3) is 4.83. The average Bonchev–Trinajstić information content (AvgIpc) is 2.25. The molecule has 96 valence electrons. The second-order valence-corrected chi connectivity index (χ2v) is 6.41. The summed E-state index contributed by atoms with van der Waals surface area (Å²) in [7, 11) is -1.83. The van der Waals surface area contributed by atoms with Crippen LogP contribution in [0.25, 0.3) is 0 Å². The van der Waals surface area contributed by atoms with Gasteiger partial charge >= 0.3 is 0 Å². The van der Waals surface area contributed by atoms with E-state index in [4.69, 9.17) is 16.3 Å². The van der Waals surface area contributed by atoms with Crippen molar-refractivity contribution in [2.45, 2.75) is 6.42 Å². The number of hydrogen-bond donors (Lipinski definition) is 1. The van der Waals surface area contributed by atoms with E-state index in [1.165, 1.54) is 7.11 Å². The quantitative estimate of drug-likeness (QED) is 0.809. The first-order chi connectivity index (χ1) is 7.96. The number of nitrogens with one attached hydrogen (secondary N) is 1. The van der Waals surface area contributed by atoms with Crippen LogP contribution in [0.4, 0.5) is 5.69 Å². The predicted octanol–water partition coefficient (Wildman–Crippen LogP) is 2.88. The first-order valence-corrected chi connectivity index (χ1v) is 7.72. The Bertz CT molecular complexity index is 478. The molecule has 0 atom stereocenters. The molecule has 0 aromatic heterocycles. The molecule has 0 saturated carbocycles. The summed E-state index contributed by atoms with van der Waals surface area (Å²) in [4.78, 5) is 0. The fourth-order valence-corrected chi connectivity index (χ4v) is 2.97. The van der Waals surface area contributed by atoms with Crippen LogP contribution in [-0.4, -0.2) is 27.9 Å². The fourth-order valence-electron chi connectivity index (χ4n) is 1.19. The molecule has 0 fully saturated rings. The van der Waals surface area contributed by atoms with Crippen LogP contribution >= 0.6 is 27.5 Å². The van der Waals surface area contributed by atoms with E-state index < -0.39 is 10.0 Å². The number of sulfonamides is 1. The first-order valence-electron chi connectivity index (χ1n) is 4.90. The summed E-state index contributed by atoms with van der Waals surface area (Å²) >= 11 is 9.10. The molecule has 0 aliphatic heterocycles. The van der Waals surface area contributed by atoms with Crippen LogP contribution < -0.4 is 4.72 Å². The van der Waals surface area contributed by atoms with Crippen LogP contribution in [0.3, 0.4) is 0 Å². The Balaban J connectivity index is 2.73. The highest BCUT2D eigenvalue weighted by molar-refractivity contribution is 9.10. The zero-order chi connectivity index (χ0) is 12.9. The van der Waals surface area contributed by atoms with E-state index in [2.05, 4.69) is 20.7 Å². The zero-order valence-corrected chi connectivity index (χ0v) is 12.4. The van der Waals surface area contributed by atoms with Crippen molar-refractivity contribution in [3.05, 3.63) is 27.7 Å². The Morgan fingerprint density at radius 2 is 2.18 bits per heavy atom. The normalized spacial score (nSPS) is 11.5. The second kappa shape index (κ2) is 6.58. The predicted molar refractivity (Wildman–Crippen MR) is 73.1 cm³/mol. The summed E-state index contributed by atoms with van der Waals surface area (Å²) in [6, 6.07) is 5.00. The summed E-state index contributed by atoms with van der Waals surface area (Å²) in [6.45, 7) is 0.414. The van der Waals surface area contributed by atoms with Gasteiger partial charge in [0.2, 0.25) is 10.0 Å². The largest absolute Gasteiger partial charge is 0.385 e. The third-order valence-corrected chi connectivity index (χ3v) is 4.73. The average molecular weight is 343 g/mol. The summed E-state index contributed by atoms with van der Waals surface area (Å²) in [5.41, 5.74) is 0.440. The van der Waals surface area contributed by atoms with Crippen LogP contribution in [0.5, 0.6) is 0 Å². The maximum absolute atomic E-state index is 11.7. The lowest BCUT2D eigenvalue weighted by Gasteiger charge is -2.10. The molecule has 0 heterocycles. The highest BCUT2D eigenvalue weighted by Crippen LogP contribution is 2.30. The maximum atomic E-state index is 11.7. The van der Waals surface area contributed by atoms with E-state index >= 15 is 0 Å². The topological polar surface area (TPSA) is 55.4 Å². The number of benzene rings is 1. The standard InChI is InChI=1S/C10H13BrClNO3S/c1-16-6-3-7-17(14,15)13-9-5-2-4-8(12)10(9)11/h2,4-5,13H,3,6-7H2,1H3. The lowest BCUT2D eigenvalue weighted by molar-refractivity contribution is 0.199. The second-order valence-electron chi connectivity index (χ2n) is 3.37. The van der Waals surface area contributed by atoms with Gasteiger partial charge in [-0.05, 0) is 34.5 Å². The Morgan fingerprint density at radius 3 is 2.82 bits per heavy atom. The Morgan fingerprint density at radius 1 is 1.47 bits per heavy atom. The summed E-state index contributed by atoms with van der Waals surface area (Å²) in [5.74, 6) is 0.0137. The van der Waals surface area contributed by atoms with Gasteiger partial charge in [0.25, 0.3) is 0 Å². The molecule has 0 saturated heterocycles. The monoisotopic (exact) mass is 341 g/mol. The molecule has 0 aliphatic carbocycles. The maximum Gasteiger partial charge on any atom is 0.232 e. The van der Waals surface area contributed by atoms with Gasteiger partial charge in [-0.1, -0.05) is 17.7 Å². The van der Waals surface area contributed by atoms with Gasteiger partial charge in [0.05, 0.1) is 20.9 Å². The van der Waals surface area contributed by atoms with Gasteiger partial charge in [-0.2, -0.15) is 0 Å². The third-order valence-electron chi connectivity index (χ3n) is 1.98. The smallest absolute Gasteiger partial charge is 0.232 e. The van der Waals surface area contributed by atoms with Gasteiger partial charge in [0.1, 0.15) is 0 Å². The van der Waals surface area contributed by atoms with E-state index in [1.807, 2.05) is 0 Å². The molecule has 0 bridgehead atoms. The van der Waals surface area contributed by atoms with Gasteiger partial charge in [0.15, 0.2) is 0 Å². The van der Waals surface area contributed by atoms with Crippen molar-refractivity contribution in [3.63, 3.8) is 0 Å². The van der Waals surface area contributed by atoms with Gasteiger partial charge in [-0.25, -0.2) is 8.42 Å². The van der Waals surface area contributed by atoms with E-state index in [1.54, 1.807) is 18.2 Å². The lowest BCUT2D eigenvalue weighted by Crippen LogP contribution is -2.18. The fraction of sp³-hybridized carbons (Fsp3) is 0.400.